The summed E-state index contributed by atoms with van der Waals surface area (Å²) in [4.78, 5) is 27.4. The van der Waals surface area contributed by atoms with E-state index in [1.54, 1.807) is 11.8 Å². The Labute approximate surface area is 201 Å². The summed E-state index contributed by atoms with van der Waals surface area (Å²) in [6, 6.07) is 13.0. The molecule has 0 aliphatic heterocycles. The highest BCUT2D eigenvalue weighted by atomic mass is 79.9. The molecule has 0 saturated heterocycles. The van der Waals surface area contributed by atoms with Crippen LogP contribution in [-0.2, 0) is 22.6 Å². The normalized spacial score (nSPS) is 12.7. The Hall–Kier alpha value is -1.86. The first-order valence-electron chi connectivity index (χ1n) is 10.5. The molecule has 2 aromatic rings. The molecule has 2 rings (SSSR count). The highest BCUT2D eigenvalue weighted by Gasteiger charge is 2.27. The number of rotatable bonds is 10. The van der Waals surface area contributed by atoms with Gasteiger partial charge in [-0.25, -0.2) is 0 Å². The lowest BCUT2D eigenvalue weighted by molar-refractivity contribution is -0.142. The van der Waals surface area contributed by atoms with Gasteiger partial charge < -0.3 is 15.0 Å². The van der Waals surface area contributed by atoms with Gasteiger partial charge in [-0.15, -0.1) is 0 Å². The van der Waals surface area contributed by atoms with Gasteiger partial charge in [0, 0.05) is 17.1 Å². The van der Waals surface area contributed by atoms with Gasteiger partial charge in [0.2, 0.25) is 5.91 Å². The first kappa shape index (κ1) is 25.4. The average molecular weight is 554 g/mol. The molecule has 0 aliphatic carbocycles. The summed E-state index contributed by atoms with van der Waals surface area (Å²) in [5.74, 6) is 0.181. The molecule has 2 aromatic carbocycles. The van der Waals surface area contributed by atoms with Crippen LogP contribution in [-0.4, -0.2) is 35.4 Å². The van der Waals surface area contributed by atoms with Crippen molar-refractivity contribution in [3.8, 4) is 5.75 Å². The highest BCUT2D eigenvalue weighted by Crippen LogP contribution is 2.26. The summed E-state index contributed by atoms with van der Waals surface area (Å²) in [6.07, 6.45) is 1.74. The second kappa shape index (κ2) is 12.2. The number of carbonyl (C=O) groups excluding carboxylic acids is 2. The smallest absolute Gasteiger partial charge is 0.261 e. The lowest BCUT2D eigenvalue weighted by Gasteiger charge is -2.29. The van der Waals surface area contributed by atoms with Crippen LogP contribution < -0.4 is 10.1 Å². The van der Waals surface area contributed by atoms with Crippen molar-refractivity contribution in [2.75, 3.05) is 6.61 Å². The van der Waals surface area contributed by atoms with Crippen LogP contribution >= 0.6 is 31.9 Å². The SMILES string of the molecule is CCc1ccc(OCC(=O)N(Cc2ccc(Br)cc2)[C@@H](C)C(=O)N[C@H](C)CC)c(Br)c1. The van der Waals surface area contributed by atoms with E-state index in [4.69, 9.17) is 4.74 Å². The van der Waals surface area contributed by atoms with Crippen LogP contribution in [0.2, 0.25) is 0 Å². The minimum absolute atomic E-state index is 0.0452. The average Bonchev–Trinajstić information content (AvgIpc) is 2.76. The van der Waals surface area contributed by atoms with E-state index in [1.165, 1.54) is 5.56 Å². The molecule has 31 heavy (non-hydrogen) atoms. The largest absolute Gasteiger partial charge is 0.483 e. The van der Waals surface area contributed by atoms with Crippen LogP contribution in [0, 0.1) is 0 Å². The molecular formula is C24H30Br2N2O3. The van der Waals surface area contributed by atoms with Crippen molar-refractivity contribution in [1.29, 1.82) is 0 Å². The third kappa shape index (κ3) is 7.65. The maximum atomic E-state index is 13.1. The van der Waals surface area contributed by atoms with Gasteiger partial charge in [-0.1, -0.05) is 48.0 Å². The minimum atomic E-state index is -0.625. The zero-order chi connectivity index (χ0) is 23.0. The van der Waals surface area contributed by atoms with Crippen LogP contribution in [0.1, 0.15) is 45.2 Å². The van der Waals surface area contributed by atoms with Crippen molar-refractivity contribution in [2.45, 2.75) is 59.2 Å². The number of aryl methyl sites for hydroxylation is 1. The van der Waals surface area contributed by atoms with Crippen LogP contribution in [0.4, 0.5) is 0 Å². The fraction of sp³-hybridized carbons (Fsp3) is 0.417. The predicted molar refractivity (Wildman–Crippen MR) is 131 cm³/mol. The van der Waals surface area contributed by atoms with Crippen LogP contribution in [0.3, 0.4) is 0 Å². The van der Waals surface area contributed by atoms with E-state index in [9.17, 15) is 9.59 Å². The van der Waals surface area contributed by atoms with E-state index in [1.807, 2.05) is 56.3 Å². The maximum Gasteiger partial charge on any atom is 0.261 e. The Bertz CT molecular complexity index is 887. The molecule has 0 fully saturated rings. The summed E-state index contributed by atoms with van der Waals surface area (Å²) in [5, 5.41) is 2.97. The number of hydrogen-bond donors (Lipinski definition) is 1. The van der Waals surface area contributed by atoms with E-state index in [0.29, 0.717) is 12.3 Å². The number of amides is 2. The Balaban J connectivity index is 2.16. The third-order valence-electron chi connectivity index (χ3n) is 5.19. The molecule has 0 aromatic heterocycles. The predicted octanol–water partition coefficient (Wildman–Crippen LogP) is 5.48. The summed E-state index contributed by atoms with van der Waals surface area (Å²) < 4.78 is 7.56. The van der Waals surface area contributed by atoms with Crippen molar-refractivity contribution < 1.29 is 14.3 Å². The molecule has 0 saturated carbocycles. The molecule has 0 spiro atoms. The maximum absolute atomic E-state index is 13.1. The summed E-state index contributed by atoms with van der Waals surface area (Å²) in [7, 11) is 0. The monoisotopic (exact) mass is 552 g/mol. The minimum Gasteiger partial charge on any atom is -0.483 e. The van der Waals surface area contributed by atoms with Gasteiger partial charge in [0.25, 0.3) is 5.91 Å². The molecule has 5 nitrogen and oxygen atoms in total. The van der Waals surface area contributed by atoms with E-state index < -0.39 is 6.04 Å². The lowest BCUT2D eigenvalue weighted by atomic mass is 10.1. The topological polar surface area (TPSA) is 58.6 Å². The molecule has 0 bridgehead atoms. The molecule has 7 heteroatoms. The number of halogens is 2. The quantitative estimate of drug-likeness (QED) is 0.423. The lowest BCUT2D eigenvalue weighted by Crippen LogP contribution is -2.50. The molecule has 0 heterocycles. The Kier molecular flexibility index (Phi) is 10.0. The van der Waals surface area contributed by atoms with E-state index in [0.717, 1.165) is 27.4 Å². The van der Waals surface area contributed by atoms with Gasteiger partial charge in [0.15, 0.2) is 6.61 Å². The van der Waals surface area contributed by atoms with Gasteiger partial charge in [0.1, 0.15) is 11.8 Å². The number of carbonyl (C=O) groups is 2. The highest BCUT2D eigenvalue weighted by molar-refractivity contribution is 9.10. The third-order valence-corrected chi connectivity index (χ3v) is 6.34. The zero-order valence-corrected chi connectivity index (χ0v) is 21.6. The van der Waals surface area contributed by atoms with Gasteiger partial charge in [-0.2, -0.15) is 0 Å². The number of nitrogens with one attached hydrogen (secondary N) is 1. The van der Waals surface area contributed by atoms with Gasteiger partial charge >= 0.3 is 0 Å². The molecule has 2 atom stereocenters. The number of ether oxygens (including phenoxy) is 1. The Morgan fingerprint density at radius 1 is 1.03 bits per heavy atom. The standard InChI is InChI=1S/C24H30Br2N2O3/c1-5-16(3)27-24(30)17(4)28(14-19-7-10-20(25)11-8-19)23(29)15-31-22-12-9-18(6-2)13-21(22)26/h7-13,16-17H,5-6,14-15H2,1-4H3,(H,27,30)/t16-,17+/m1/s1. The fourth-order valence-corrected chi connectivity index (χ4v) is 3.74. The van der Waals surface area contributed by atoms with E-state index >= 15 is 0 Å². The summed E-state index contributed by atoms with van der Waals surface area (Å²) in [6.45, 7) is 7.96. The molecule has 0 unspecified atom stereocenters. The molecule has 0 radical (unpaired) electrons. The van der Waals surface area contributed by atoms with Crippen molar-refractivity contribution >= 4 is 43.7 Å². The Morgan fingerprint density at radius 2 is 1.68 bits per heavy atom. The van der Waals surface area contributed by atoms with Gasteiger partial charge in [0.05, 0.1) is 4.47 Å². The van der Waals surface area contributed by atoms with Gasteiger partial charge in [-0.3, -0.25) is 9.59 Å². The zero-order valence-electron chi connectivity index (χ0n) is 18.5. The van der Waals surface area contributed by atoms with E-state index in [2.05, 4.69) is 44.1 Å². The molecule has 0 aliphatic rings. The van der Waals surface area contributed by atoms with Crippen molar-refractivity contribution in [3.05, 3.63) is 62.5 Å². The second-order valence-electron chi connectivity index (χ2n) is 7.55. The van der Waals surface area contributed by atoms with Gasteiger partial charge in [-0.05, 0) is 78.0 Å². The fourth-order valence-electron chi connectivity index (χ4n) is 2.94. The molecule has 2 amide bonds. The second-order valence-corrected chi connectivity index (χ2v) is 9.32. The van der Waals surface area contributed by atoms with Crippen molar-refractivity contribution in [2.24, 2.45) is 0 Å². The van der Waals surface area contributed by atoms with Crippen LogP contribution in [0.25, 0.3) is 0 Å². The van der Waals surface area contributed by atoms with E-state index in [-0.39, 0.29) is 24.5 Å². The summed E-state index contributed by atoms with van der Waals surface area (Å²) in [5.41, 5.74) is 2.12. The number of benzene rings is 2. The number of hydrogen-bond acceptors (Lipinski definition) is 3. The molecule has 1 N–H and O–H groups in total. The summed E-state index contributed by atoms with van der Waals surface area (Å²) >= 11 is 6.93. The first-order chi connectivity index (χ1) is 14.7. The van der Waals surface area contributed by atoms with Crippen molar-refractivity contribution in [3.63, 3.8) is 0 Å². The van der Waals surface area contributed by atoms with Crippen LogP contribution in [0.5, 0.6) is 5.75 Å². The van der Waals surface area contributed by atoms with Crippen molar-refractivity contribution in [1.82, 2.24) is 10.2 Å². The van der Waals surface area contributed by atoms with Crippen LogP contribution in [0.15, 0.2) is 51.4 Å². The number of nitrogens with zero attached hydrogens (tertiary/aromatic N) is 1. The Morgan fingerprint density at radius 3 is 2.26 bits per heavy atom. The molecular weight excluding hydrogens is 524 g/mol. The molecule has 168 valence electrons. The first-order valence-corrected chi connectivity index (χ1v) is 12.1.